The first-order valence-electron chi connectivity index (χ1n) is 5.33. The molecular weight excluding hydrogens is 253 g/mol. The molecule has 0 N–H and O–H groups in total. The number of hydrogen-bond donors (Lipinski definition) is 0. The maximum Gasteiger partial charge on any atom is 0.362 e. The Bertz CT molecular complexity index is 680. The minimum absolute atomic E-state index is 0.205. The fraction of sp³-hybridized carbons (Fsp3) is 0.167. The molecule has 0 unspecified atom stereocenters. The van der Waals surface area contributed by atoms with Gasteiger partial charge in [-0.1, -0.05) is 0 Å². The molecule has 0 fully saturated rings. The molecule has 0 saturated heterocycles. The van der Waals surface area contributed by atoms with Crippen LogP contribution in [0, 0.1) is 12.7 Å². The second-order valence-corrected chi connectivity index (χ2v) is 3.71. The molecule has 0 aliphatic rings. The number of hydrogen-bond acceptors (Lipinski definition) is 5. The maximum atomic E-state index is 12.8. The van der Waals surface area contributed by atoms with Crippen LogP contribution in [-0.4, -0.2) is 27.6 Å². The van der Waals surface area contributed by atoms with Crippen molar-refractivity contribution in [2.75, 3.05) is 7.11 Å². The predicted molar refractivity (Wildman–Crippen MR) is 63.7 cm³/mol. The highest BCUT2D eigenvalue weighted by Gasteiger charge is 2.17. The van der Waals surface area contributed by atoms with Gasteiger partial charge in [0.2, 0.25) is 5.69 Å². The Morgan fingerprint density at radius 2 is 2.05 bits per heavy atom. The molecule has 2 rings (SSSR count). The molecule has 2 aromatic rings. The average molecular weight is 263 g/mol. The molecule has 0 aliphatic carbocycles. The van der Waals surface area contributed by atoms with Crippen LogP contribution in [0.1, 0.15) is 16.2 Å². The van der Waals surface area contributed by atoms with E-state index in [1.54, 1.807) is 6.92 Å². The van der Waals surface area contributed by atoms with Gasteiger partial charge in [0.1, 0.15) is 11.6 Å². The lowest BCUT2D eigenvalue weighted by Gasteiger charge is -2.09. The van der Waals surface area contributed by atoms with Crippen LogP contribution in [-0.2, 0) is 4.74 Å². The van der Waals surface area contributed by atoms with E-state index in [4.69, 9.17) is 0 Å². The molecule has 0 bridgehead atoms. The SMILES string of the molecule is COC(=O)c1ncc(C)n(-c2ccc(F)cn2)c1=O. The number of pyridine rings is 1. The first kappa shape index (κ1) is 12.9. The fourth-order valence-corrected chi connectivity index (χ4v) is 1.56. The van der Waals surface area contributed by atoms with Gasteiger partial charge in [-0.15, -0.1) is 0 Å². The van der Waals surface area contributed by atoms with Crippen LogP contribution in [0.25, 0.3) is 5.82 Å². The Kier molecular flexibility index (Phi) is 3.37. The summed E-state index contributed by atoms with van der Waals surface area (Å²) in [6.07, 6.45) is 2.33. The second-order valence-electron chi connectivity index (χ2n) is 3.71. The lowest BCUT2D eigenvalue weighted by Crippen LogP contribution is -2.29. The largest absolute Gasteiger partial charge is 0.464 e. The van der Waals surface area contributed by atoms with E-state index in [0.717, 1.165) is 13.3 Å². The molecule has 98 valence electrons. The molecule has 0 atom stereocenters. The molecular formula is C12H10FN3O3. The standard InChI is InChI=1S/C12H10FN3O3/c1-7-5-15-10(12(18)19-2)11(17)16(7)9-4-3-8(13)6-14-9/h3-6H,1-2H3. The summed E-state index contributed by atoms with van der Waals surface area (Å²) in [5, 5.41) is 0. The number of esters is 1. The van der Waals surface area contributed by atoms with Gasteiger partial charge < -0.3 is 4.74 Å². The first-order chi connectivity index (χ1) is 9.04. The molecule has 19 heavy (non-hydrogen) atoms. The van der Waals surface area contributed by atoms with Crippen LogP contribution in [0.3, 0.4) is 0 Å². The smallest absolute Gasteiger partial charge is 0.362 e. The molecule has 2 aromatic heterocycles. The quantitative estimate of drug-likeness (QED) is 0.751. The van der Waals surface area contributed by atoms with Crippen molar-refractivity contribution in [3.8, 4) is 5.82 Å². The minimum atomic E-state index is -0.833. The molecule has 0 aromatic carbocycles. The van der Waals surface area contributed by atoms with Crippen molar-refractivity contribution in [2.45, 2.75) is 6.92 Å². The molecule has 7 heteroatoms. The van der Waals surface area contributed by atoms with Gasteiger partial charge in [0.25, 0.3) is 5.56 Å². The Balaban J connectivity index is 2.66. The summed E-state index contributed by atoms with van der Waals surface area (Å²) in [7, 11) is 1.16. The lowest BCUT2D eigenvalue weighted by atomic mass is 10.3. The Morgan fingerprint density at radius 1 is 1.32 bits per heavy atom. The van der Waals surface area contributed by atoms with E-state index < -0.39 is 17.3 Å². The van der Waals surface area contributed by atoms with Gasteiger partial charge >= 0.3 is 5.97 Å². The summed E-state index contributed by atoms with van der Waals surface area (Å²) < 4.78 is 18.5. The van der Waals surface area contributed by atoms with Crippen molar-refractivity contribution in [3.63, 3.8) is 0 Å². The number of aromatic nitrogens is 3. The maximum absolute atomic E-state index is 12.8. The zero-order valence-corrected chi connectivity index (χ0v) is 10.3. The number of halogens is 1. The van der Waals surface area contributed by atoms with Crippen molar-refractivity contribution in [1.82, 2.24) is 14.5 Å². The highest BCUT2D eigenvalue weighted by molar-refractivity contribution is 5.86. The Hall–Kier alpha value is -2.57. The van der Waals surface area contributed by atoms with Crippen LogP contribution in [0.15, 0.2) is 29.3 Å². The third-order valence-electron chi connectivity index (χ3n) is 2.46. The first-order valence-corrected chi connectivity index (χ1v) is 5.33. The molecule has 6 nitrogen and oxygen atoms in total. The zero-order chi connectivity index (χ0) is 14.0. The van der Waals surface area contributed by atoms with E-state index in [9.17, 15) is 14.0 Å². The van der Waals surface area contributed by atoms with Crippen LogP contribution >= 0.6 is 0 Å². The third-order valence-corrected chi connectivity index (χ3v) is 2.46. The molecule has 0 aliphatic heterocycles. The van der Waals surface area contributed by atoms with Gasteiger partial charge in [0, 0.05) is 11.9 Å². The summed E-state index contributed by atoms with van der Waals surface area (Å²) in [5.74, 6) is -1.14. The van der Waals surface area contributed by atoms with Crippen LogP contribution in [0.2, 0.25) is 0 Å². The number of aryl methyl sites for hydroxylation is 1. The summed E-state index contributed by atoms with van der Waals surface area (Å²) >= 11 is 0. The number of nitrogens with zero attached hydrogens (tertiary/aromatic N) is 3. The summed E-state index contributed by atoms with van der Waals surface area (Å²) in [4.78, 5) is 31.1. The topological polar surface area (TPSA) is 74.1 Å². The predicted octanol–water partition coefficient (Wildman–Crippen LogP) is 0.862. The fourth-order valence-electron chi connectivity index (χ4n) is 1.56. The highest BCUT2D eigenvalue weighted by Crippen LogP contribution is 2.06. The highest BCUT2D eigenvalue weighted by atomic mass is 19.1. The second kappa shape index (κ2) is 4.97. The van der Waals surface area contributed by atoms with Crippen molar-refractivity contribution in [2.24, 2.45) is 0 Å². The van der Waals surface area contributed by atoms with Crippen molar-refractivity contribution in [1.29, 1.82) is 0 Å². The van der Waals surface area contributed by atoms with E-state index in [2.05, 4.69) is 14.7 Å². The van der Waals surface area contributed by atoms with E-state index in [-0.39, 0.29) is 11.5 Å². The molecule has 0 radical (unpaired) electrons. The number of rotatable bonds is 2. The third kappa shape index (κ3) is 2.35. The van der Waals surface area contributed by atoms with Crippen molar-refractivity contribution < 1.29 is 13.9 Å². The summed E-state index contributed by atoms with van der Waals surface area (Å²) in [6, 6.07) is 2.51. The van der Waals surface area contributed by atoms with Crippen molar-refractivity contribution in [3.05, 3.63) is 52.1 Å². The molecule has 2 heterocycles. The van der Waals surface area contributed by atoms with Gasteiger partial charge in [0.05, 0.1) is 13.3 Å². The van der Waals surface area contributed by atoms with Gasteiger partial charge in [-0.05, 0) is 19.1 Å². The van der Waals surface area contributed by atoms with E-state index in [0.29, 0.717) is 5.69 Å². The van der Waals surface area contributed by atoms with Gasteiger partial charge in [0.15, 0.2) is 0 Å². The summed E-state index contributed by atoms with van der Waals surface area (Å²) in [6.45, 7) is 1.63. The number of carbonyl (C=O) groups excluding carboxylic acids is 1. The van der Waals surface area contributed by atoms with E-state index >= 15 is 0 Å². The van der Waals surface area contributed by atoms with Crippen LogP contribution in [0.4, 0.5) is 4.39 Å². The molecule has 0 spiro atoms. The normalized spacial score (nSPS) is 10.3. The average Bonchev–Trinajstić information content (AvgIpc) is 2.40. The van der Waals surface area contributed by atoms with Crippen LogP contribution in [0.5, 0.6) is 0 Å². The minimum Gasteiger partial charge on any atom is -0.464 e. The van der Waals surface area contributed by atoms with Gasteiger partial charge in [-0.2, -0.15) is 0 Å². The van der Waals surface area contributed by atoms with Gasteiger partial charge in [-0.25, -0.2) is 19.2 Å². The van der Waals surface area contributed by atoms with E-state index in [1.165, 1.54) is 22.9 Å². The monoisotopic (exact) mass is 263 g/mol. The Morgan fingerprint density at radius 3 is 2.63 bits per heavy atom. The molecule has 0 amide bonds. The lowest BCUT2D eigenvalue weighted by molar-refractivity contribution is 0.0591. The van der Waals surface area contributed by atoms with Gasteiger partial charge in [-0.3, -0.25) is 9.36 Å². The number of methoxy groups -OCH3 is 1. The number of carbonyl (C=O) groups is 1. The Labute approximate surface area is 107 Å². The van der Waals surface area contributed by atoms with E-state index in [1.807, 2.05) is 0 Å². The zero-order valence-electron chi connectivity index (χ0n) is 10.3. The number of ether oxygens (including phenoxy) is 1. The summed E-state index contributed by atoms with van der Waals surface area (Å²) in [5.41, 5.74) is -0.540. The van der Waals surface area contributed by atoms with Crippen molar-refractivity contribution >= 4 is 5.97 Å². The molecule has 0 saturated carbocycles. The van der Waals surface area contributed by atoms with Crippen LogP contribution < -0.4 is 5.56 Å².